The molecule has 9 heteroatoms. The van der Waals surface area contributed by atoms with E-state index in [2.05, 4.69) is 31.2 Å². The van der Waals surface area contributed by atoms with Gasteiger partial charge in [-0.05, 0) is 5.21 Å². The Morgan fingerprint density at radius 3 is 2.84 bits per heavy atom. The van der Waals surface area contributed by atoms with Gasteiger partial charge in [0.05, 0.1) is 26.0 Å². The molecule has 0 radical (unpaired) electrons. The highest BCUT2D eigenvalue weighted by Crippen LogP contribution is 2.31. The summed E-state index contributed by atoms with van der Waals surface area (Å²) in [5.74, 6) is 1.10. The van der Waals surface area contributed by atoms with Crippen molar-refractivity contribution in [3.8, 4) is 17.2 Å². The van der Waals surface area contributed by atoms with E-state index in [0.717, 1.165) is 0 Å². The first-order valence-electron chi connectivity index (χ1n) is 5.22. The van der Waals surface area contributed by atoms with Gasteiger partial charge in [0.1, 0.15) is 17.2 Å². The first-order valence-corrected chi connectivity index (χ1v) is 5.22. The average Bonchev–Trinajstić information content (AvgIpc) is 2.93. The van der Waals surface area contributed by atoms with Crippen LogP contribution in [0, 0.1) is 0 Å². The summed E-state index contributed by atoms with van der Waals surface area (Å²) in [7, 11) is 2.98. The first kappa shape index (κ1) is 12.6. The molecule has 0 aliphatic carbocycles. The van der Waals surface area contributed by atoms with Crippen molar-refractivity contribution in [3.05, 3.63) is 17.7 Å². The molecule has 0 amide bonds. The lowest BCUT2D eigenvalue weighted by molar-refractivity contribution is 0.384. The second kappa shape index (κ2) is 5.67. The number of aromatic amines is 1. The molecule has 0 saturated heterocycles. The van der Waals surface area contributed by atoms with Gasteiger partial charge >= 0.3 is 0 Å². The number of phenols is 1. The third kappa shape index (κ3) is 2.89. The Bertz CT molecular complexity index is 569. The molecular formula is C10H12N6O3. The predicted octanol–water partition coefficient (Wildman–Crippen LogP) is 0.368. The second-order valence-electron chi connectivity index (χ2n) is 3.37. The van der Waals surface area contributed by atoms with Crippen LogP contribution in [0.2, 0.25) is 0 Å². The Morgan fingerprint density at radius 1 is 1.37 bits per heavy atom. The largest absolute Gasteiger partial charge is 0.507 e. The molecule has 2 aromatic rings. The summed E-state index contributed by atoms with van der Waals surface area (Å²) in [6, 6.07) is 3.09. The van der Waals surface area contributed by atoms with Crippen molar-refractivity contribution < 1.29 is 14.6 Å². The number of nitrogens with one attached hydrogen (secondary N) is 2. The van der Waals surface area contributed by atoms with E-state index >= 15 is 0 Å². The summed E-state index contributed by atoms with van der Waals surface area (Å²) in [6.07, 6.45) is 1.38. The molecular weight excluding hydrogens is 252 g/mol. The maximum Gasteiger partial charge on any atom is 0.283 e. The van der Waals surface area contributed by atoms with E-state index < -0.39 is 0 Å². The van der Waals surface area contributed by atoms with Crippen molar-refractivity contribution in [2.75, 3.05) is 19.6 Å². The van der Waals surface area contributed by atoms with Gasteiger partial charge < -0.3 is 14.6 Å². The van der Waals surface area contributed by atoms with Crippen LogP contribution in [-0.4, -0.2) is 46.2 Å². The third-order valence-corrected chi connectivity index (χ3v) is 2.25. The van der Waals surface area contributed by atoms with Crippen LogP contribution in [0.1, 0.15) is 5.56 Å². The molecule has 0 aliphatic rings. The summed E-state index contributed by atoms with van der Waals surface area (Å²) >= 11 is 0. The van der Waals surface area contributed by atoms with Gasteiger partial charge in [-0.15, -0.1) is 5.10 Å². The second-order valence-corrected chi connectivity index (χ2v) is 3.37. The molecule has 9 nitrogen and oxygen atoms in total. The Balaban J connectivity index is 2.21. The van der Waals surface area contributed by atoms with E-state index in [1.165, 1.54) is 26.5 Å². The Labute approximate surface area is 108 Å². The van der Waals surface area contributed by atoms with Crippen LogP contribution in [-0.2, 0) is 0 Å². The van der Waals surface area contributed by atoms with Crippen LogP contribution >= 0.6 is 0 Å². The fourth-order valence-corrected chi connectivity index (χ4v) is 1.37. The highest BCUT2D eigenvalue weighted by Gasteiger charge is 2.09. The number of hydrazone groups is 1. The van der Waals surface area contributed by atoms with Crippen molar-refractivity contribution in [3.63, 3.8) is 0 Å². The highest BCUT2D eigenvalue weighted by molar-refractivity contribution is 5.88. The van der Waals surface area contributed by atoms with E-state index in [9.17, 15) is 5.11 Å². The van der Waals surface area contributed by atoms with Gasteiger partial charge in [-0.25, -0.2) is 5.43 Å². The zero-order valence-electron chi connectivity index (χ0n) is 10.3. The standard InChI is InChI=1S/C10H12N6O3/c1-18-6-3-8(17)7(9(4-6)19-2)5-11-12-10-13-15-16-14-10/h3-5,17H,1-2H3,(H2,12,13,14,15,16). The molecule has 1 aromatic heterocycles. The minimum atomic E-state index is -0.0186. The maximum atomic E-state index is 9.86. The molecule has 19 heavy (non-hydrogen) atoms. The van der Waals surface area contributed by atoms with Crippen LogP contribution in [0.4, 0.5) is 5.95 Å². The SMILES string of the molecule is COc1cc(O)c(C=NNc2nn[nH]n2)c(OC)c1. The average molecular weight is 264 g/mol. The number of anilines is 1. The van der Waals surface area contributed by atoms with Crippen molar-refractivity contribution in [2.45, 2.75) is 0 Å². The van der Waals surface area contributed by atoms with Crippen LogP contribution in [0.3, 0.4) is 0 Å². The molecule has 0 fully saturated rings. The zero-order chi connectivity index (χ0) is 13.7. The minimum Gasteiger partial charge on any atom is -0.507 e. The molecule has 0 aliphatic heterocycles. The summed E-state index contributed by atoms with van der Waals surface area (Å²) in [5.41, 5.74) is 2.94. The number of tetrazole rings is 1. The van der Waals surface area contributed by atoms with Crippen molar-refractivity contribution in [1.29, 1.82) is 0 Å². The van der Waals surface area contributed by atoms with E-state index in [0.29, 0.717) is 17.1 Å². The molecule has 0 saturated carbocycles. The lowest BCUT2D eigenvalue weighted by atomic mass is 10.2. The minimum absolute atomic E-state index is 0.0186. The Hall–Kier alpha value is -2.84. The Morgan fingerprint density at radius 2 is 2.21 bits per heavy atom. The molecule has 0 unspecified atom stereocenters. The molecule has 1 aromatic carbocycles. The van der Waals surface area contributed by atoms with Gasteiger partial charge in [-0.3, -0.25) is 0 Å². The summed E-state index contributed by atoms with van der Waals surface area (Å²) in [6.45, 7) is 0. The van der Waals surface area contributed by atoms with Gasteiger partial charge in [0.25, 0.3) is 5.95 Å². The molecule has 0 bridgehead atoms. The molecule has 100 valence electrons. The number of hydrogen-bond donors (Lipinski definition) is 3. The lowest BCUT2D eigenvalue weighted by Crippen LogP contribution is -1.97. The third-order valence-electron chi connectivity index (χ3n) is 2.25. The van der Waals surface area contributed by atoms with E-state index in [1.807, 2.05) is 0 Å². The number of ether oxygens (including phenoxy) is 2. The number of phenolic OH excluding ortho intramolecular Hbond substituents is 1. The fourth-order valence-electron chi connectivity index (χ4n) is 1.37. The number of benzene rings is 1. The van der Waals surface area contributed by atoms with E-state index in [-0.39, 0.29) is 11.7 Å². The van der Waals surface area contributed by atoms with Gasteiger partial charge in [0.2, 0.25) is 0 Å². The number of rotatable bonds is 5. The summed E-state index contributed by atoms with van der Waals surface area (Å²) < 4.78 is 10.2. The number of hydrogen-bond acceptors (Lipinski definition) is 8. The Kier molecular flexibility index (Phi) is 3.76. The molecule has 2 rings (SSSR count). The van der Waals surface area contributed by atoms with Gasteiger partial charge in [0.15, 0.2) is 0 Å². The van der Waals surface area contributed by atoms with E-state index in [1.54, 1.807) is 6.07 Å². The van der Waals surface area contributed by atoms with Crippen molar-refractivity contribution in [2.24, 2.45) is 5.10 Å². The van der Waals surface area contributed by atoms with Crippen LogP contribution in [0.15, 0.2) is 17.2 Å². The number of H-pyrrole nitrogens is 1. The normalized spacial score (nSPS) is 10.6. The maximum absolute atomic E-state index is 9.86. The summed E-state index contributed by atoms with van der Waals surface area (Å²) in [5, 5.41) is 26.7. The number of nitrogens with zero attached hydrogens (tertiary/aromatic N) is 4. The zero-order valence-corrected chi connectivity index (χ0v) is 10.3. The molecule has 0 atom stereocenters. The first-order chi connectivity index (χ1) is 9.24. The van der Waals surface area contributed by atoms with Gasteiger partial charge in [-0.1, -0.05) is 5.10 Å². The smallest absolute Gasteiger partial charge is 0.283 e. The molecule has 1 heterocycles. The topological polar surface area (TPSA) is 118 Å². The number of aromatic nitrogens is 4. The van der Waals surface area contributed by atoms with Crippen LogP contribution in [0.25, 0.3) is 0 Å². The van der Waals surface area contributed by atoms with Crippen molar-refractivity contribution >= 4 is 12.2 Å². The fraction of sp³-hybridized carbons (Fsp3) is 0.200. The summed E-state index contributed by atoms with van der Waals surface area (Å²) in [4.78, 5) is 0. The monoisotopic (exact) mass is 264 g/mol. The van der Waals surface area contributed by atoms with Crippen LogP contribution < -0.4 is 14.9 Å². The van der Waals surface area contributed by atoms with Crippen molar-refractivity contribution in [1.82, 2.24) is 20.6 Å². The quantitative estimate of drug-likeness (QED) is 0.527. The lowest BCUT2D eigenvalue weighted by Gasteiger charge is -2.09. The molecule has 0 spiro atoms. The number of aromatic hydroxyl groups is 1. The van der Waals surface area contributed by atoms with Gasteiger partial charge in [0, 0.05) is 12.1 Å². The van der Waals surface area contributed by atoms with Crippen LogP contribution in [0.5, 0.6) is 17.2 Å². The predicted molar refractivity (Wildman–Crippen MR) is 66.6 cm³/mol. The highest BCUT2D eigenvalue weighted by atomic mass is 16.5. The van der Waals surface area contributed by atoms with Gasteiger partial charge in [-0.2, -0.15) is 10.3 Å². The molecule has 3 N–H and O–H groups in total. The van der Waals surface area contributed by atoms with E-state index in [4.69, 9.17) is 9.47 Å². The number of methoxy groups -OCH3 is 2.